The van der Waals surface area contributed by atoms with Gasteiger partial charge in [0.05, 0.1) is 5.56 Å². The van der Waals surface area contributed by atoms with E-state index in [0.29, 0.717) is 17.1 Å². The minimum Gasteiger partial charge on any atom is -0.456 e. The summed E-state index contributed by atoms with van der Waals surface area (Å²) in [5.41, 5.74) is 6.33. The minimum absolute atomic E-state index is 0.0342. The summed E-state index contributed by atoms with van der Waals surface area (Å²) < 4.78 is 12.9. The van der Waals surface area contributed by atoms with E-state index in [0.717, 1.165) is 33.8 Å². The van der Waals surface area contributed by atoms with Crippen molar-refractivity contribution in [1.29, 1.82) is 0 Å². The van der Waals surface area contributed by atoms with Crippen LogP contribution in [-0.4, -0.2) is 19.2 Å². The molecule has 0 saturated carbocycles. The van der Waals surface area contributed by atoms with Crippen LogP contribution in [0.25, 0.3) is 0 Å². The molecule has 2 aliphatic rings. The zero-order valence-electron chi connectivity index (χ0n) is 23.2. The molecule has 2 heterocycles. The number of fused-ring (bicyclic) bond motifs is 6. The van der Waals surface area contributed by atoms with Gasteiger partial charge < -0.3 is 19.3 Å². The van der Waals surface area contributed by atoms with Crippen LogP contribution in [0.15, 0.2) is 121 Å². The maximum Gasteiger partial charge on any atom is 0.340 e. The average molecular weight is 539 g/mol. The van der Waals surface area contributed by atoms with Gasteiger partial charge in [-0.2, -0.15) is 0 Å². The van der Waals surface area contributed by atoms with Gasteiger partial charge in [-0.05, 0) is 62.4 Å². The maximum absolute atomic E-state index is 13.2. The van der Waals surface area contributed by atoms with Crippen LogP contribution in [0.5, 0.6) is 11.5 Å². The summed E-state index contributed by atoms with van der Waals surface area (Å²) in [6, 6.07) is 40.6. The number of esters is 1. The van der Waals surface area contributed by atoms with Crippen molar-refractivity contribution in [3.8, 4) is 11.5 Å². The Balaban J connectivity index is 1.40. The Bertz CT molecular complexity index is 1770. The number of carbonyl (C=O) groups is 1. The lowest BCUT2D eigenvalue weighted by atomic mass is 9.77. The van der Waals surface area contributed by atoms with E-state index in [2.05, 4.69) is 91.4 Å². The second-order valence-corrected chi connectivity index (χ2v) is 10.7. The van der Waals surface area contributed by atoms with Crippen LogP contribution < -0.4 is 14.5 Å². The van der Waals surface area contributed by atoms with Gasteiger partial charge in [-0.25, -0.2) is 4.79 Å². The maximum atomic E-state index is 13.2. The van der Waals surface area contributed by atoms with Gasteiger partial charge in [0.1, 0.15) is 17.7 Å². The average Bonchev–Trinajstić information content (AvgIpc) is 3.31. The van der Waals surface area contributed by atoms with Crippen molar-refractivity contribution in [3.63, 3.8) is 0 Å². The fourth-order valence-electron chi connectivity index (χ4n) is 6.10. The molecule has 5 heteroatoms. The van der Waals surface area contributed by atoms with Crippen LogP contribution in [-0.2, 0) is 10.3 Å². The molecule has 0 aliphatic carbocycles. The first-order chi connectivity index (χ1) is 20.0. The number of para-hydroxylation sites is 2. The van der Waals surface area contributed by atoms with Gasteiger partial charge in [-0.1, -0.05) is 72.3 Å². The topological polar surface area (TPSA) is 42.0 Å². The number of benzene rings is 5. The van der Waals surface area contributed by atoms with Gasteiger partial charge in [0.2, 0.25) is 0 Å². The number of nitrogens with zero attached hydrogens (tertiary/aromatic N) is 2. The molecular formula is C36H30N2O3. The van der Waals surface area contributed by atoms with Crippen molar-refractivity contribution >= 4 is 23.0 Å². The molecule has 0 aromatic heterocycles. The molecule has 5 aromatic rings. The predicted octanol–water partition coefficient (Wildman–Crippen LogP) is 8.18. The molecule has 41 heavy (non-hydrogen) atoms. The van der Waals surface area contributed by atoms with Crippen LogP contribution >= 0.6 is 0 Å². The molecule has 1 spiro atoms. The minimum atomic E-state index is -1.07. The smallest absolute Gasteiger partial charge is 0.340 e. The lowest BCUT2D eigenvalue weighted by molar-refractivity contribution is 0.0224. The van der Waals surface area contributed by atoms with Crippen molar-refractivity contribution in [2.45, 2.75) is 25.6 Å². The van der Waals surface area contributed by atoms with Crippen LogP contribution in [0.1, 0.15) is 39.5 Å². The Labute approximate surface area is 240 Å². The van der Waals surface area contributed by atoms with Crippen LogP contribution in [0.2, 0.25) is 0 Å². The highest BCUT2D eigenvalue weighted by molar-refractivity contribution is 5.97. The van der Waals surface area contributed by atoms with Gasteiger partial charge in [0.25, 0.3) is 0 Å². The van der Waals surface area contributed by atoms with E-state index in [-0.39, 0.29) is 12.1 Å². The quantitative estimate of drug-likeness (QED) is 0.167. The first-order valence-electron chi connectivity index (χ1n) is 13.9. The van der Waals surface area contributed by atoms with Crippen LogP contribution in [0.3, 0.4) is 0 Å². The normalized spacial score (nSPS) is 17.1. The van der Waals surface area contributed by atoms with E-state index < -0.39 is 5.60 Å². The van der Waals surface area contributed by atoms with Crippen LogP contribution in [0, 0.1) is 6.92 Å². The third-order valence-corrected chi connectivity index (χ3v) is 8.29. The summed E-state index contributed by atoms with van der Waals surface area (Å²) in [6.07, 6.45) is -0.0342. The molecule has 2 aliphatic heterocycles. The van der Waals surface area contributed by atoms with Gasteiger partial charge in [-0.3, -0.25) is 0 Å². The van der Waals surface area contributed by atoms with Crippen molar-refractivity contribution in [2.24, 2.45) is 0 Å². The summed E-state index contributed by atoms with van der Waals surface area (Å²) in [5, 5.41) is 0. The summed E-state index contributed by atoms with van der Waals surface area (Å²) in [6.45, 7) is 4.29. The molecule has 2 atom stereocenters. The Kier molecular flexibility index (Phi) is 5.82. The Morgan fingerprint density at radius 1 is 0.659 bits per heavy atom. The molecule has 202 valence electrons. The van der Waals surface area contributed by atoms with Crippen molar-refractivity contribution in [3.05, 3.63) is 149 Å². The molecule has 5 aromatic carbocycles. The Hall–Kier alpha value is -5.03. The number of carbonyl (C=O) groups excluding carboxylic acids is 1. The molecule has 0 bridgehead atoms. The van der Waals surface area contributed by atoms with Gasteiger partial charge >= 0.3 is 5.97 Å². The van der Waals surface area contributed by atoms with E-state index >= 15 is 0 Å². The molecular weight excluding hydrogens is 508 g/mol. The number of rotatable bonds is 5. The molecule has 0 fully saturated rings. The molecule has 0 saturated heterocycles. The summed E-state index contributed by atoms with van der Waals surface area (Å²) in [5.74, 6) is 1.02. The fraction of sp³-hybridized carbons (Fsp3) is 0.139. The molecule has 2 unspecified atom stereocenters. The van der Waals surface area contributed by atoms with Crippen molar-refractivity contribution in [1.82, 2.24) is 0 Å². The van der Waals surface area contributed by atoms with Crippen LogP contribution in [0.4, 0.5) is 17.1 Å². The second-order valence-electron chi connectivity index (χ2n) is 10.7. The first-order valence-corrected chi connectivity index (χ1v) is 13.9. The second kappa shape index (κ2) is 9.56. The molecule has 0 N–H and O–H groups in total. The molecule has 0 amide bonds. The molecule has 7 rings (SSSR count). The highest BCUT2D eigenvalue weighted by Crippen LogP contribution is 2.56. The number of hydrogen-bond acceptors (Lipinski definition) is 5. The van der Waals surface area contributed by atoms with Crippen molar-refractivity contribution < 1.29 is 14.3 Å². The number of aryl methyl sites for hydroxylation is 1. The lowest BCUT2D eigenvalue weighted by Gasteiger charge is -2.40. The summed E-state index contributed by atoms with van der Waals surface area (Å²) in [4.78, 5) is 17.7. The number of anilines is 3. The highest BCUT2D eigenvalue weighted by atomic mass is 16.6. The third-order valence-electron chi connectivity index (χ3n) is 8.29. The van der Waals surface area contributed by atoms with Gasteiger partial charge in [-0.15, -0.1) is 0 Å². The standard InChI is InChI=1S/C36H30N2O3/c1-24-17-19-27(20-18-24)38(25(2)37(3)26-11-5-4-6-12-26)28-21-22-32-34(23-28)40-33-16-10-9-15-31(33)36(32)30-14-8-7-13-29(30)35(39)41-36/h4-23,25H,1-3H3. The van der Waals surface area contributed by atoms with Gasteiger partial charge in [0.15, 0.2) is 5.60 Å². The van der Waals surface area contributed by atoms with Crippen molar-refractivity contribution in [2.75, 3.05) is 16.8 Å². The Morgan fingerprint density at radius 3 is 2.07 bits per heavy atom. The predicted molar refractivity (Wildman–Crippen MR) is 162 cm³/mol. The van der Waals surface area contributed by atoms with E-state index in [1.165, 1.54) is 5.56 Å². The summed E-state index contributed by atoms with van der Waals surface area (Å²) in [7, 11) is 2.11. The van der Waals surface area contributed by atoms with Gasteiger partial charge in [0, 0.05) is 46.9 Å². The lowest BCUT2D eigenvalue weighted by Crippen LogP contribution is -2.42. The number of ether oxygens (including phenoxy) is 2. The monoisotopic (exact) mass is 538 g/mol. The van der Waals surface area contributed by atoms with E-state index in [1.54, 1.807) is 0 Å². The van der Waals surface area contributed by atoms with E-state index in [9.17, 15) is 4.79 Å². The largest absolute Gasteiger partial charge is 0.456 e. The zero-order valence-corrected chi connectivity index (χ0v) is 23.2. The SMILES string of the molecule is Cc1ccc(N(c2ccc3c(c2)Oc2ccccc2C32OC(=O)c3ccccc32)C(C)N(C)c2ccccc2)cc1. The molecule has 0 radical (unpaired) electrons. The third kappa shape index (κ3) is 3.88. The molecule has 5 nitrogen and oxygen atoms in total. The zero-order chi connectivity index (χ0) is 28.1. The highest BCUT2D eigenvalue weighted by Gasteiger charge is 2.53. The van der Waals surface area contributed by atoms with E-state index in [1.807, 2.05) is 60.7 Å². The van der Waals surface area contributed by atoms with E-state index in [4.69, 9.17) is 9.47 Å². The fourth-order valence-corrected chi connectivity index (χ4v) is 6.10. The summed E-state index contributed by atoms with van der Waals surface area (Å²) >= 11 is 0. The number of hydrogen-bond donors (Lipinski definition) is 0. The Morgan fingerprint density at radius 2 is 1.29 bits per heavy atom. The first kappa shape index (κ1) is 25.0.